The molecule has 1 aromatic rings. The zero-order valence-corrected chi connectivity index (χ0v) is 13.8. The van der Waals surface area contributed by atoms with Gasteiger partial charge in [0, 0.05) is 5.56 Å². The molecule has 0 saturated carbocycles. The fourth-order valence-corrected chi connectivity index (χ4v) is 5.22. The second-order valence-corrected chi connectivity index (χ2v) is 7.57. The second kappa shape index (κ2) is 8.49. The summed E-state index contributed by atoms with van der Waals surface area (Å²) in [5.41, 5.74) is 0.584. The van der Waals surface area contributed by atoms with Gasteiger partial charge in [-0.15, -0.1) is 23.5 Å². The van der Waals surface area contributed by atoms with E-state index in [0.717, 1.165) is 24.3 Å². The van der Waals surface area contributed by atoms with Crippen molar-refractivity contribution in [3.8, 4) is 0 Å². The van der Waals surface area contributed by atoms with Crippen LogP contribution in [0.5, 0.6) is 0 Å². The number of thioether (sulfide) groups is 2. The molecule has 3 nitrogen and oxygen atoms in total. The molecule has 0 amide bonds. The lowest BCUT2D eigenvalue weighted by Gasteiger charge is -2.22. The highest BCUT2D eigenvalue weighted by Crippen LogP contribution is 2.37. The van der Waals surface area contributed by atoms with Gasteiger partial charge in [0.2, 0.25) is 0 Å². The van der Waals surface area contributed by atoms with Crippen molar-refractivity contribution in [2.24, 2.45) is 5.92 Å². The number of hydrogen-bond acceptors (Lipinski definition) is 5. The Morgan fingerprint density at radius 2 is 1.81 bits per heavy atom. The lowest BCUT2D eigenvalue weighted by Crippen LogP contribution is -2.33. The predicted molar refractivity (Wildman–Crippen MR) is 88.8 cm³/mol. The van der Waals surface area contributed by atoms with Gasteiger partial charge in [-0.3, -0.25) is 9.59 Å². The number of rotatable bonds is 5. The number of carbonyl (C=O) groups is 2. The van der Waals surface area contributed by atoms with Crippen LogP contribution in [0.25, 0.3) is 0 Å². The molecule has 1 aromatic carbocycles. The first-order chi connectivity index (χ1) is 10.2. The summed E-state index contributed by atoms with van der Waals surface area (Å²) in [5.74, 6) is 0.769. The van der Waals surface area contributed by atoms with E-state index in [1.807, 2.05) is 18.2 Å². The summed E-state index contributed by atoms with van der Waals surface area (Å²) in [5, 5.41) is 0. The van der Waals surface area contributed by atoms with E-state index in [1.165, 1.54) is 0 Å². The van der Waals surface area contributed by atoms with Crippen molar-refractivity contribution in [1.29, 1.82) is 0 Å². The largest absolute Gasteiger partial charge is 0.465 e. The molecule has 1 atom stereocenters. The average Bonchev–Trinajstić information content (AvgIpc) is 2.78. The lowest BCUT2D eigenvalue weighted by atomic mass is 9.99. The number of ketones is 1. The Labute approximate surface area is 134 Å². The molecule has 1 fully saturated rings. The maximum Gasteiger partial charge on any atom is 0.318 e. The van der Waals surface area contributed by atoms with E-state index in [-0.39, 0.29) is 10.4 Å². The van der Waals surface area contributed by atoms with Crippen LogP contribution in [0.4, 0.5) is 0 Å². The van der Waals surface area contributed by atoms with E-state index in [2.05, 4.69) is 0 Å². The summed E-state index contributed by atoms with van der Waals surface area (Å²) in [6.45, 7) is 2.08. The van der Waals surface area contributed by atoms with Crippen molar-refractivity contribution >= 4 is 35.3 Å². The molecule has 0 radical (unpaired) electrons. The highest BCUT2D eigenvalue weighted by Gasteiger charge is 2.37. The Balaban J connectivity index is 2.22. The van der Waals surface area contributed by atoms with Gasteiger partial charge in [-0.25, -0.2) is 0 Å². The standard InChI is InChI=1S/C16H20O3S2/c1-2-19-15(18)13(16-20-10-6-7-11-21-16)14(17)12-8-4-3-5-9-12/h3-5,8-9,13,16H,2,6-7,10-11H2,1H3. The summed E-state index contributed by atoms with van der Waals surface area (Å²) < 4.78 is 5.11. The molecule has 1 saturated heterocycles. The fraction of sp³-hybridized carbons (Fsp3) is 0.500. The Bertz CT molecular complexity index is 468. The molecule has 0 spiro atoms. The average molecular weight is 324 g/mol. The number of Topliss-reactive ketones (excluding diaryl/α,β-unsaturated/α-hetero) is 1. The van der Waals surface area contributed by atoms with Crippen molar-refractivity contribution in [2.75, 3.05) is 18.1 Å². The summed E-state index contributed by atoms with van der Waals surface area (Å²) in [6.07, 6.45) is 2.28. The predicted octanol–water partition coefficient (Wildman–Crippen LogP) is 3.63. The van der Waals surface area contributed by atoms with Crippen LogP contribution in [0.15, 0.2) is 30.3 Å². The highest BCUT2D eigenvalue weighted by molar-refractivity contribution is 8.17. The zero-order chi connectivity index (χ0) is 15.1. The van der Waals surface area contributed by atoms with Crippen molar-refractivity contribution < 1.29 is 14.3 Å². The van der Waals surface area contributed by atoms with Crippen LogP contribution in [0.1, 0.15) is 30.1 Å². The molecule has 1 aliphatic heterocycles. The smallest absolute Gasteiger partial charge is 0.318 e. The van der Waals surface area contributed by atoms with Crippen molar-refractivity contribution in [3.05, 3.63) is 35.9 Å². The Morgan fingerprint density at radius 3 is 2.38 bits per heavy atom. The monoisotopic (exact) mass is 324 g/mol. The second-order valence-electron chi connectivity index (χ2n) is 4.78. The van der Waals surface area contributed by atoms with Crippen molar-refractivity contribution in [2.45, 2.75) is 24.3 Å². The SMILES string of the molecule is CCOC(=O)C(C(=O)c1ccccc1)C1SCCCCS1. The van der Waals surface area contributed by atoms with E-state index in [1.54, 1.807) is 42.6 Å². The third-order valence-electron chi connectivity index (χ3n) is 3.26. The third-order valence-corrected chi connectivity index (χ3v) is 6.32. The van der Waals surface area contributed by atoms with Crippen LogP contribution in [0.2, 0.25) is 0 Å². The van der Waals surface area contributed by atoms with Gasteiger partial charge in [-0.2, -0.15) is 0 Å². The van der Waals surface area contributed by atoms with Gasteiger partial charge in [0.15, 0.2) is 5.78 Å². The van der Waals surface area contributed by atoms with Gasteiger partial charge in [0.1, 0.15) is 5.92 Å². The molecule has 1 aliphatic rings. The molecule has 0 aromatic heterocycles. The molecule has 0 aliphatic carbocycles. The molecule has 0 bridgehead atoms. The van der Waals surface area contributed by atoms with E-state index in [4.69, 9.17) is 4.74 Å². The normalized spacial score (nSPS) is 17.8. The Kier molecular flexibility index (Phi) is 6.64. The summed E-state index contributed by atoms with van der Waals surface area (Å²) in [6, 6.07) is 9.04. The van der Waals surface area contributed by atoms with E-state index < -0.39 is 11.9 Å². The molecule has 21 heavy (non-hydrogen) atoms. The van der Waals surface area contributed by atoms with Gasteiger partial charge in [0.05, 0.1) is 11.2 Å². The minimum atomic E-state index is -0.708. The minimum Gasteiger partial charge on any atom is -0.465 e. The maximum atomic E-state index is 12.7. The van der Waals surface area contributed by atoms with Crippen LogP contribution < -0.4 is 0 Å². The van der Waals surface area contributed by atoms with Gasteiger partial charge >= 0.3 is 5.97 Å². The van der Waals surface area contributed by atoms with E-state index in [0.29, 0.717) is 12.2 Å². The number of benzene rings is 1. The topological polar surface area (TPSA) is 43.4 Å². The number of hydrogen-bond donors (Lipinski definition) is 0. The first kappa shape index (κ1) is 16.4. The first-order valence-corrected chi connectivity index (χ1v) is 9.33. The first-order valence-electron chi connectivity index (χ1n) is 7.23. The molecular weight excluding hydrogens is 304 g/mol. The quantitative estimate of drug-likeness (QED) is 0.470. The number of ether oxygens (including phenoxy) is 1. The molecule has 2 rings (SSSR count). The van der Waals surface area contributed by atoms with Crippen LogP contribution >= 0.6 is 23.5 Å². The molecule has 1 heterocycles. The van der Waals surface area contributed by atoms with Crippen LogP contribution in [0, 0.1) is 5.92 Å². The molecular formula is C16H20O3S2. The Hall–Kier alpha value is -0.940. The molecule has 1 unspecified atom stereocenters. The summed E-state index contributed by atoms with van der Waals surface area (Å²) in [7, 11) is 0. The van der Waals surface area contributed by atoms with Crippen molar-refractivity contribution in [1.82, 2.24) is 0 Å². The maximum absolute atomic E-state index is 12.7. The number of carbonyl (C=O) groups excluding carboxylic acids is 2. The van der Waals surface area contributed by atoms with Crippen LogP contribution in [0.3, 0.4) is 0 Å². The fourth-order valence-electron chi connectivity index (χ4n) is 2.20. The molecule has 5 heteroatoms. The summed E-state index contributed by atoms with van der Waals surface area (Å²) >= 11 is 3.42. The molecule has 0 N–H and O–H groups in total. The van der Waals surface area contributed by atoms with Crippen molar-refractivity contribution in [3.63, 3.8) is 0 Å². The zero-order valence-electron chi connectivity index (χ0n) is 12.1. The van der Waals surface area contributed by atoms with E-state index in [9.17, 15) is 9.59 Å². The lowest BCUT2D eigenvalue weighted by molar-refractivity contribution is -0.145. The Morgan fingerprint density at radius 1 is 1.19 bits per heavy atom. The van der Waals surface area contributed by atoms with Gasteiger partial charge in [-0.1, -0.05) is 30.3 Å². The van der Waals surface area contributed by atoms with E-state index >= 15 is 0 Å². The van der Waals surface area contributed by atoms with Gasteiger partial charge in [-0.05, 0) is 31.3 Å². The van der Waals surface area contributed by atoms with Crippen LogP contribution in [-0.4, -0.2) is 34.4 Å². The number of esters is 1. The highest BCUT2D eigenvalue weighted by atomic mass is 32.2. The van der Waals surface area contributed by atoms with Gasteiger partial charge < -0.3 is 4.74 Å². The van der Waals surface area contributed by atoms with Crippen LogP contribution in [-0.2, 0) is 9.53 Å². The molecule has 114 valence electrons. The minimum absolute atomic E-state index is 0.0424. The summed E-state index contributed by atoms with van der Waals surface area (Å²) in [4.78, 5) is 25.0. The van der Waals surface area contributed by atoms with Gasteiger partial charge in [0.25, 0.3) is 0 Å². The third kappa shape index (κ3) is 4.51.